The molecule has 1 aromatic heterocycles. The van der Waals surface area contributed by atoms with Crippen LogP contribution in [0.2, 0.25) is 0 Å². The zero-order chi connectivity index (χ0) is 13.7. The minimum atomic E-state index is 0.550. The highest BCUT2D eigenvalue weighted by Crippen LogP contribution is 2.26. The van der Waals surface area contributed by atoms with Crippen molar-refractivity contribution >= 4 is 16.6 Å². The van der Waals surface area contributed by atoms with Crippen molar-refractivity contribution in [1.82, 2.24) is 4.98 Å². The van der Waals surface area contributed by atoms with Gasteiger partial charge in [-0.25, -0.2) is 4.98 Å². The molecule has 3 heteroatoms. The van der Waals surface area contributed by atoms with Crippen molar-refractivity contribution in [3.8, 4) is 0 Å². The first-order valence-corrected chi connectivity index (χ1v) is 6.94. The molecule has 0 atom stereocenters. The number of benzene rings is 1. The second kappa shape index (κ2) is 6.53. The largest absolute Gasteiger partial charge is 0.385 e. The van der Waals surface area contributed by atoms with Gasteiger partial charge in [-0.15, -0.1) is 0 Å². The lowest BCUT2D eigenvalue weighted by atomic mass is 10.0. The number of ether oxygens (including phenoxy) is 1. The van der Waals surface area contributed by atoms with Crippen LogP contribution in [0.4, 0.5) is 5.69 Å². The van der Waals surface area contributed by atoms with Crippen LogP contribution in [0, 0.1) is 0 Å². The summed E-state index contributed by atoms with van der Waals surface area (Å²) in [6.45, 7) is 5.76. The molecule has 0 spiro atoms. The number of aryl methyl sites for hydroxylation is 1. The maximum atomic E-state index is 5.22. The first kappa shape index (κ1) is 13.8. The first-order valence-electron chi connectivity index (χ1n) is 6.94. The van der Waals surface area contributed by atoms with E-state index in [1.54, 1.807) is 7.11 Å². The predicted octanol–water partition coefficient (Wildman–Crippen LogP) is 3.77. The molecule has 102 valence electrons. The van der Waals surface area contributed by atoms with Gasteiger partial charge in [0, 0.05) is 24.7 Å². The number of pyridine rings is 1. The summed E-state index contributed by atoms with van der Waals surface area (Å²) in [7, 11) is 1.71. The lowest BCUT2D eigenvalue weighted by Gasteiger charge is -2.13. The normalized spacial score (nSPS) is 10.9. The number of para-hydroxylation sites is 1. The van der Waals surface area contributed by atoms with Crippen molar-refractivity contribution in [2.75, 3.05) is 19.0 Å². The SMILES string of the molecule is CCCc1cccc2c(NCC)cc(COC)nc12. The summed E-state index contributed by atoms with van der Waals surface area (Å²) in [6, 6.07) is 8.51. The summed E-state index contributed by atoms with van der Waals surface area (Å²) in [5, 5.41) is 4.62. The molecule has 0 saturated heterocycles. The van der Waals surface area contributed by atoms with Crippen LogP contribution in [0.1, 0.15) is 31.5 Å². The van der Waals surface area contributed by atoms with Gasteiger partial charge in [0.1, 0.15) is 0 Å². The fourth-order valence-corrected chi connectivity index (χ4v) is 2.39. The molecule has 0 fully saturated rings. The smallest absolute Gasteiger partial charge is 0.0885 e. The van der Waals surface area contributed by atoms with Crippen LogP contribution in [0.25, 0.3) is 10.9 Å². The minimum absolute atomic E-state index is 0.550. The molecule has 3 nitrogen and oxygen atoms in total. The van der Waals surface area contributed by atoms with E-state index in [9.17, 15) is 0 Å². The lowest BCUT2D eigenvalue weighted by Crippen LogP contribution is -2.02. The molecule has 0 radical (unpaired) electrons. The molecule has 2 rings (SSSR count). The van der Waals surface area contributed by atoms with E-state index >= 15 is 0 Å². The molecular weight excluding hydrogens is 236 g/mol. The first-order chi connectivity index (χ1) is 9.30. The molecule has 0 aliphatic heterocycles. The maximum absolute atomic E-state index is 5.22. The van der Waals surface area contributed by atoms with Gasteiger partial charge in [0.15, 0.2) is 0 Å². The number of nitrogens with zero attached hydrogens (tertiary/aromatic N) is 1. The number of fused-ring (bicyclic) bond motifs is 1. The Labute approximate surface area is 115 Å². The molecule has 0 unspecified atom stereocenters. The van der Waals surface area contributed by atoms with Gasteiger partial charge in [-0.2, -0.15) is 0 Å². The van der Waals surface area contributed by atoms with E-state index in [0.717, 1.165) is 36.3 Å². The van der Waals surface area contributed by atoms with Gasteiger partial charge < -0.3 is 10.1 Å². The molecule has 2 aromatic rings. The summed E-state index contributed by atoms with van der Waals surface area (Å²) in [5.74, 6) is 0. The monoisotopic (exact) mass is 258 g/mol. The Morgan fingerprint density at radius 3 is 2.79 bits per heavy atom. The Morgan fingerprint density at radius 1 is 1.26 bits per heavy atom. The van der Waals surface area contributed by atoms with Crippen LogP contribution in [-0.4, -0.2) is 18.6 Å². The fraction of sp³-hybridized carbons (Fsp3) is 0.438. The van der Waals surface area contributed by atoms with Crippen molar-refractivity contribution in [3.63, 3.8) is 0 Å². The number of nitrogens with one attached hydrogen (secondary N) is 1. The number of anilines is 1. The Balaban J connectivity index is 2.60. The van der Waals surface area contributed by atoms with Gasteiger partial charge in [0.25, 0.3) is 0 Å². The summed E-state index contributed by atoms with van der Waals surface area (Å²) < 4.78 is 5.22. The fourth-order valence-electron chi connectivity index (χ4n) is 2.39. The van der Waals surface area contributed by atoms with E-state index in [2.05, 4.69) is 43.4 Å². The van der Waals surface area contributed by atoms with Crippen molar-refractivity contribution in [2.24, 2.45) is 0 Å². The van der Waals surface area contributed by atoms with Crippen molar-refractivity contribution in [3.05, 3.63) is 35.5 Å². The Bertz CT molecular complexity index is 552. The van der Waals surface area contributed by atoms with Crippen LogP contribution >= 0.6 is 0 Å². The maximum Gasteiger partial charge on any atom is 0.0885 e. The number of hydrogen-bond acceptors (Lipinski definition) is 3. The molecular formula is C16H22N2O. The second-order valence-corrected chi connectivity index (χ2v) is 4.69. The third-order valence-corrected chi connectivity index (χ3v) is 3.15. The van der Waals surface area contributed by atoms with Crippen molar-refractivity contribution < 1.29 is 4.74 Å². The molecule has 0 amide bonds. The van der Waals surface area contributed by atoms with E-state index < -0.39 is 0 Å². The van der Waals surface area contributed by atoms with E-state index in [1.165, 1.54) is 10.9 Å². The molecule has 0 aliphatic carbocycles. The van der Waals surface area contributed by atoms with Crippen LogP contribution in [0.15, 0.2) is 24.3 Å². The number of methoxy groups -OCH3 is 1. The Kier molecular flexibility index (Phi) is 4.74. The van der Waals surface area contributed by atoms with Gasteiger partial charge in [-0.1, -0.05) is 31.5 Å². The average molecular weight is 258 g/mol. The molecule has 0 aliphatic rings. The Morgan fingerprint density at radius 2 is 2.11 bits per heavy atom. The molecule has 0 saturated carbocycles. The van der Waals surface area contributed by atoms with Crippen LogP contribution < -0.4 is 5.32 Å². The standard InChI is InChI=1S/C16H22N2O/c1-4-7-12-8-6-9-14-15(17-5-2)10-13(11-19-3)18-16(12)14/h6,8-10H,4-5,7,11H2,1-3H3,(H,17,18). The number of aromatic nitrogens is 1. The highest BCUT2D eigenvalue weighted by atomic mass is 16.5. The minimum Gasteiger partial charge on any atom is -0.385 e. The van der Waals surface area contributed by atoms with Gasteiger partial charge in [0.05, 0.1) is 17.8 Å². The van der Waals surface area contributed by atoms with Gasteiger partial charge >= 0.3 is 0 Å². The lowest BCUT2D eigenvalue weighted by molar-refractivity contribution is 0.182. The van der Waals surface area contributed by atoms with E-state index in [4.69, 9.17) is 9.72 Å². The zero-order valence-corrected chi connectivity index (χ0v) is 12.0. The molecule has 1 N–H and O–H groups in total. The quantitative estimate of drug-likeness (QED) is 0.856. The van der Waals surface area contributed by atoms with Gasteiger partial charge in [-0.05, 0) is 25.0 Å². The zero-order valence-electron chi connectivity index (χ0n) is 12.0. The van der Waals surface area contributed by atoms with Crippen LogP contribution in [-0.2, 0) is 17.8 Å². The third-order valence-electron chi connectivity index (χ3n) is 3.15. The van der Waals surface area contributed by atoms with E-state index in [1.807, 2.05) is 0 Å². The predicted molar refractivity (Wildman–Crippen MR) is 80.6 cm³/mol. The average Bonchev–Trinajstić information content (AvgIpc) is 2.41. The van der Waals surface area contributed by atoms with Crippen LogP contribution in [0.3, 0.4) is 0 Å². The number of hydrogen-bond donors (Lipinski definition) is 1. The second-order valence-electron chi connectivity index (χ2n) is 4.69. The molecule has 1 heterocycles. The van der Waals surface area contributed by atoms with Crippen LogP contribution in [0.5, 0.6) is 0 Å². The van der Waals surface area contributed by atoms with E-state index in [-0.39, 0.29) is 0 Å². The number of rotatable bonds is 6. The van der Waals surface area contributed by atoms with Gasteiger partial charge in [0.2, 0.25) is 0 Å². The summed E-state index contributed by atoms with van der Waals surface area (Å²) in [5.41, 5.74) is 4.55. The summed E-state index contributed by atoms with van der Waals surface area (Å²) >= 11 is 0. The third kappa shape index (κ3) is 3.04. The molecule has 1 aromatic carbocycles. The highest BCUT2D eigenvalue weighted by molar-refractivity contribution is 5.93. The molecule has 0 bridgehead atoms. The van der Waals surface area contributed by atoms with Gasteiger partial charge in [-0.3, -0.25) is 0 Å². The summed E-state index contributed by atoms with van der Waals surface area (Å²) in [4.78, 5) is 4.76. The highest BCUT2D eigenvalue weighted by Gasteiger charge is 2.08. The van der Waals surface area contributed by atoms with Crippen molar-refractivity contribution in [2.45, 2.75) is 33.3 Å². The van der Waals surface area contributed by atoms with E-state index in [0.29, 0.717) is 6.61 Å². The van der Waals surface area contributed by atoms with Crippen molar-refractivity contribution in [1.29, 1.82) is 0 Å². The Hall–Kier alpha value is -1.61. The molecule has 19 heavy (non-hydrogen) atoms. The topological polar surface area (TPSA) is 34.1 Å². The summed E-state index contributed by atoms with van der Waals surface area (Å²) in [6.07, 6.45) is 2.19.